The van der Waals surface area contributed by atoms with Gasteiger partial charge in [0.25, 0.3) is 0 Å². The average Bonchev–Trinajstić information content (AvgIpc) is 3.10. The molecule has 4 N–H and O–H groups in total. The first-order valence-electron chi connectivity index (χ1n) is 19.9. The average molecular weight is 746 g/mol. The normalized spacial score (nSPS) is 14.1. The fourth-order valence-electron chi connectivity index (χ4n) is 5.23. The molecule has 0 rings (SSSR count). The highest BCUT2D eigenvalue weighted by Gasteiger charge is 2.28. The second kappa shape index (κ2) is 35.0. The quantitative estimate of drug-likeness (QED) is 0.0239. The van der Waals surface area contributed by atoms with Crippen molar-refractivity contribution in [1.29, 1.82) is 0 Å². The number of carboxylic acids is 1. The van der Waals surface area contributed by atoms with E-state index in [9.17, 15) is 23.8 Å². The summed E-state index contributed by atoms with van der Waals surface area (Å²) in [5.74, 6) is -2.40. The van der Waals surface area contributed by atoms with Crippen molar-refractivity contribution >= 4 is 25.7 Å². The molecule has 0 radical (unpaired) electrons. The first-order chi connectivity index (χ1) is 24.6. The fraction of sp³-hybridized carbons (Fsp3) is 0.821. The van der Waals surface area contributed by atoms with Gasteiger partial charge in [0.1, 0.15) is 12.6 Å². The van der Waals surface area contributed by atoms with E-state index >= 15 is 0 Å². The van der Waals surface area contributed by atoms with Crippen molar-refractivity contribution in [1.82, 2.24) is 0 Å². The van der Waals surface area contributed by atoms with E-state index < -0.39 is 51.1 Å². The Morgan fingerprint density at radius 3 is 1.45 bits per heavy atom. The van der Waals surface area contributed by atoms with Gasteiger partial charge in [0.2, 0.25) is 0 Å². The first-order valence-corrected chi connectivity index (χ1v) is 21.4. The van der Waals surface area contributed by atoms with Crippen LogP contribution in [0.25, 0.3) is 0 Å². The summed E-state index contributed by atoms with van der Waals surface area (Å²) in [5.41, 5.74) is 5.32. The minimum absolute atomic E-state index is 0.150. The standard InChI is InChI=1S/C39H72NO10P/c1-3-5-7-9-11-13-15-17-19-20-22-24-26-28-30-37(41)47-32-35(33-48-51(45,46)49-34-36(40)39(43)44)50-38(42)31-29-27-25-23-21-18-16-14-12-10-8-6-4-2/h14-17,35-36H,3-13,18-34,40H2,1-2H3,(H,43,44)(H,45,46)/b16-14+,17-15+/t35-,36+/m1/s1. The van der Waals surface area contributed by atoms with Crippen LogP contribution in [0, 0.1) is 0 Å². The van der Waals surface area contributed by atoms with E-state index in [1.54, 1.807) is 0 Å². The summed E-state index contributed by atoms with van der Waals surface area (Å²) in [6.07, 6.45) is 33.9. The van der Waals surface area contributed by atoms with Crippen LogP contribution in [0.2, 0.25) is 0 Å². The lowest BCUT2D eigenvalue weighted by Crippen LogP contribution is -2.34. The molecule has 12 heteroatoms. The lowest BCUT2D eigenvalue weighted by molar-refractivity contribution is -0.161. The van der Waals surface area contributed by atoms with Crippen molar-refractivity contribution in [3.8, 4) is 0 Å². The molecule has 51 heavy (non-hydrogen) atoms. The number of phosphoric acid groups is 1. The molecule has 0 aliphatic rings. The van der Waals surface area contributed by atoms with Gasteiger partial charge in [-0.2, -0.15) is 0 Å². The van der Waals surface area contributed by atoms with Crippen LogP contribution in [0.3, 0.4) is 0 Å². The van der Waals surface area contributed by atoms with Crippen LogP contribution >= 0.6 is 7.82 Å². The summed E-state index contributed by atoms with van der Waals surface area (Å²) in [7, 11) is -4.71. The zero-order valence-electron chi connectivity index (χ0n) is 31.9. The number of hydrogen-bond acceptors (Lipinski definition) is 9. The van der Waals surface area contributed by atoms with E-state index in [1.807, 2.05) is 0 Å². The van der Waals surface area contributed by atoms with E-state index in [4.69, 9.17) is 24.8 Å². The fourth-order valence-corrected chi connectivity index (χ4v) is 6.01. The molecule has 0 fully saturated rings. The summed E-state index contributed by atoms with van der Waals surface area (Å²) >= 11 is 0. The van der Waals surface area contributed by atoms with Crippen LogP contribution in [0.1, 0.15) is 174 Å². The van der Waals surface area contributed by atoms with Gasteiger partial charge in [-0.25, -0.2) is 4.57 Å². The molecule has 0 aromatic rings. The minimum atomic E-state index is -4.71. The van der Waals surface area contributed by atoms with Gasteiger partial charge in [0.15, 0.2) is 6.10 Å². The number of allylic oxidation sites excluding steroid dienone is 4. The number of ether oxygens (including phenoxy) is 2. The molecule has 0 saturated carbocycles. The van der Waals surface area contributed by atoms with E-state index in [1.165, 1.54) is 57.8 Å². The molecule has 0 aromatic heterocycles. The lowest BCUT2D eigenvalue weighted by Gasteiger charge is -2.20. The Morgan fingerprint density at radius 2 is 0.980 bits per heavy atom. The molecular weight excluding hydrogens is 673 g/mol. The van der Waals surface area contributed by atoms with E-state index in [0.717, 1.165) is 77.0 Å². The number of nitrogens with two attached hydrogens (primary N) is 1. The van der Waals surface area contributed by atoms with Crippen LogP contribution in [0.5, 0.6) is 0 Å². The molecule has 0 heterocycles. The van der Waals surface area contributed by atoms with Gasteiger partial charge < -0.3 is 25.2 Å². The summed E-state index contributed by atoms with van der Waals surface area (Å²) in [6, 6.07) is -1.52. The SMILES string of the molecule is CCCCCC/C=C/CCCCCCCC(=O)O[C@H](COC(=O)CCCCCCC/C=C/CCCCCCC)COP(=O)(O)OC[C@H](N)C(=O)O. The third-order valence-electron chi connectivity index (χ3n) is 8.42. The first kappa shape index (κ1) is 49.0. The largest absolute Gasteiger partial charge is 0.480 e. The smallest absolute Gasteiger partial charge is 0.472 e. The highest BCUT2D eigenvalue weighted by atomic mass is 31.2. The highest BCUT2D eigenvalue weighted by Crippen LogP contribution is 2.43. The number of carbonyl (C=O) groups is 3. The van der Waals surface area contributed by atoms with Gasteiger partial charge in [0, 0.05) is 12.8 Å². The van der Waals surface area contributed by atoms with Gasteiger partial charge in [0.05, 0.1) is 13.2 Å². The Kier molecular flexibility index (Phi) is 33.6. The molecule has 11 nitrogen and oxygen atoms in total. The van der Waals surface area contributed by atoms with Gasteiger partial charge in [-0.15, -0.1) is 0 Å². The van der Waals surface area contributed by atoms with Gasteiger partial charge in [-0.1, -0.05) is 122 Å². The topological polar surface area (TPSA) is 172 Å². The third kappa shape index (κ3) is 34.8. The Balaban J connectivity index is 4.44. The van der Waals surface area contributed by atoms with Crippen LogP contribution < -0.4 is 5.73 Å². The number of esters is 2. The second-order valence-electron chi connectivity index (χ2n) is 13.4. The second-order valence-corrected chi connectivity index (χ2v) is 14.9. The maximum absolute atomic E-state index is 12.6. The Hall–Kier alpha value is -2.04. The summed E-state index contributed by atoms with van der Waals surface area (Å²) < 4.78 is 32.6. The van der Waals surface area contributed by atoms with E-state index in [0.29, 0.717) is 12.8 Å². The number of phosphoric ester groups is 1. The van der Waals surface area contributed by atoms with Crippen molar-refractivity contribution in [2.45, 2.75) is 187 Å². The highest BCUT2D eigenvalue weighted by molar-refractivity contribution is 7.47. The maximum atomic E-state index is 12.6. The molecule has 0 spiro atoms. The molecule has 1 unspecified atom stereocenters. The molecular formula is C39H72NO10P. The minimum Gasteiger partial charge on any atom is -0.480 e. The summed E-state index contributed by atoms with van der Waals surface area (Å²) in [4.78, 5) is 45.8. The van der Waals surface area contributed by atoms with Crippen LogP contribution in [0.15, 0.2) is 24.3 Å². The monoisotopic (exact) mass is 745 g/mol. The van der Waals surface area contributed by atoms with Crippen LogP contribution in [0.4, 0.5) is 0 Å². The maximum Gasteiger partial charge on any atom is 0.472 e. The number of unbranched alkanes of at least 4 members (excludes halogenated alkanes) is 19. The Morgan fingerprint density at radius 1 is 0.588 bits per heavy atom. The molecule has 0 aliphatic heterocycles. The molecule has 3 atom stereocenters. The Bertz CT molecular complexity index is 974. The van der Waals surface area contributed by atoms with E-state index in [2.05, 4.69) is 42.7 Å². The number of rotatable bonds is 37. The van der Waals surface area contributed by atoms with Gasteiger partial charge in [-0.05, 0) is 64.2 Å². The third-order valence-corrected chi connectivity index (χ3v) is 9.37. The van der Waals surface area contributed by atoms with Crippen LogP contribution in [-0.2, 0) is 37.5 Å². The Labute approximate surface area is 309 Å². The molecule has 0 aromatic carbocycles. The van der Waals surface area contributed by atoms with Crippen molar-refractivity contribution < 1.29 is 47.5 Å². The van der Waals surface area contributed by atoms with E-state index in [-0.39, 0.29) is 19.4 Å². The molecule has 0 aliphatic carbocycles. The number of carboxylic acid groups (broad SMARTS) is 1. The number of carbonyl (C=O) groups excluding carboxylic acids is 2. The summed E-state index contributed by atoms with van der Waals surface area (Å²) in [5, 5.41) is 8.86. The molecule has 298 valence electrons. The van der Waals surface area contributed by atoms with Crippen molar-refractivity contribution in [3.63, 3.8) is 0 Å². The number of hydrogen-bond donors (Lipinski definition) is 3. The van der Waals surface area contributed by atoms with Crippen molar-refractivity contribution in [2.75, 3.05) is 19.8 Å². The zero-order valence-corrected chi connectivity index (χ0v) is 32.8. The van der Waals surface area contributed by atoms with Crippen molar-refractivity contribution in [2.24, 2.45) is 5.73 Å². The number of aliphatic carboxylic acids is 1. The summed E-state index contributed by atoms with van der Waals surface area (Å²) in [6.45, 7) is 2.75. The van der Waals surface area contributed by atoms with Crippen molar-refractivity contribution in [3.05, 3.63) is 24.3 Å². The van der Waals surface area contributed by atoms with Gasteiger partial charge >= 0.3 is 25.7 Å². The molecule has 0 amide bonds. The molecule has 0 saturated heterocycles. The predicted molar refractivity (Wildman–Crippen MR) is 203 cm³/mol. The zero-order chi connectivity index (χ0) is 37.8. The lowest BCUT2D eigenvalue weighted by atomic mass is 10.1. The van der Waals surface area contributed by atoms with Gasteiger partial charge in [-0.3, -0.25) is 23.4 Å². The predicted octanol–water partition coefficient (Wildman–Crippen LogP) is 9.89. The van der Waals surface area contributed by atoms with Crippen LogP contribution in [-0.4, -0.2) is 59.9 Å². The molecule has 0 bridgehead atoms.